The first-order chi connectivity index (χ1) is 11.1. The minimum atomic E-state index is 0.650. The summed E-state index contributed by atoms with van der Waals surface area (Å²) in [5.41, 5.74) is 0. The zero-order chi connectivity index (χ0) is 16.7. The Bertz CT molecular complexity index is 497. The van der Waals surface area contributed by atoms with Crippen LogP contribution in [0, 0.1) is 12.8 Å². The number of guanidine groups is 1. The summed E-state index contributed by atoms with van der Waals surface area (Å²) in [5, 5.41) is 8.06. The Morgan fingerprint density at radius 3 is 2.96 bits per heavy atom. The van der Waals surface area contributed by atoms with Crippen molar-refractivity contribution in [1.82, 2.24) is 20.5 Å². The molecule has 2 rings (SSSR count). The lowest BCUT2D eigenvalue weighted by Gasteiger charge is -2.35. The molecule has 0 amide bonds. The molecule has 6 heteroatoms. The average molecular weight is 338 g/mol. The van der Waals surface area contributed by atoms with Crippen molar-refractivity contribution in [3.05, 3.63) is 16.1 Å². The Labute approximate surface area is 144 Å². The van der Waals surface area contributed by atoms with Gasteiger partial charge < -0.3 is 15.5 Å². The van der Waals surface area contributed by atoms with Gasteiger partial charge in [-0.3, -0.25) is 4.99 Å². The highest BCUT2D eigenvalue weighted by molar-refractivity contribution is 7.11. The molecule has 2 heterocycles. The summed E-state index contributed by atoms with van der Waals surface area (Å²) in [5.74, 6) is 1.62. The van der Waals surface area contributed by atoms with E-state index in [9.17, 15) is 0 Å². The minimum Gasteiger partial charge on any atom is -0.356 e. The number of nitrogens with zero attached hydrogens (tertiary/aromatic N) is 3. The van der Waals surface area contributed by atoms with Crippen LogP contribution in [0.3, 0.4) is 0 Å². The molecule has 1 fully saturated rings. The van der Waals surface area contributed by atoms with Crippen molar-refractivity contribution in [3.63, 3.8) is 0 Å². The van der Waals surface area contributed by atoms with Gasteiger partial charge in [0.25, 0.3) is 0 Å². The third-order valence-electron chi connectivity index (χ3n) is 4.36. The molecule has 1 saturated heterocycles. The van der Waals surface area contributed by atoms with Crippen LogP contribution in [0.5, 0.6) is 0 Å². The molecule has 1 aromatic rings. The normalized spacial score (nSPS) is 20.0. The highest BCUT2D eigenvalue weighted by atomic mass is 32.1. The van der Waals surface area contributed by atoms with Crippen molar-refractivity contribution in [2.75, 3.05) is 33.2 Å². The van der Waals surface area contributed by atoms with E-state index in [1.807, 2.05) is 13.2 Å². The summed E-state index contributed by atoms with van der Waals surface area (Å²) < 4.78 is 0. The number of hydrogen-bond acceptors (Lipinski definition) is 4. The average Bonchev–Trinajstić information content (AvgIpc) is 2.96. The molecule has 1 aliphatic heterocycles. The van der Waals surface area contributed by atoms with Crippen LogP contribution < -0.4 is 10.6 Å². The van der Waals surface area contributed by atoms with Gasteiger partial charge in [-0.25, -0.2) is 4.98 Å². The quantitative estimate of drug-likeness (QED) is 0.618. The molecule has 1 aromatic heterocycles. The molecule has 23 heavy (non-hydrogen) atoms. The molecule has 0 spiro atoms. The van der Waals surface area contributed by atoms with Crippen molar-refractivity contribution in [3.8, 4) is 0 Å². The van der Waals surface area contributed by atoms with Crippen molar-refractivity contribution in [2.24, 2.45) is 10.9 Å². The lowest BCUT2D eigenvalue weighted by molar-refractivity contribution is 0.141. The fourth-order valence-electron chi connectivity index (χ4n) is 3.00. The lowest BCUT2D eigenvalue weighted by atomic mass is 9.97. The molecule has 0 aromatic carbocycles. The molecule has 1 atom stereocenters. The summed E-state index contributed by atoms with van der Waals surface area (Å²) in [6, 6.07) is 0.650. The summed E-state index contributed by atoms with van der Waals surface area (Å²) >= 11 is 1.77. The van der Waals surface area contributed by atoms with E-state index in [2.05, 4.69) is 46.3 Å². The van der Waals surface area contributed by atoms with E-state index in [1.165, 1.54) is 35.8 Å². The Kier molecular flexibility index (Phi) is 7.30. The van der Waals surface area contributed by atoms with E-state index in [1.54, 1.807) is 11.3 Å². The van der Waals surface area contributed by atoms with Crippen LogP contribution in [-0.2, 0) is 6.42 Å². The number of hydrogen-bond donors (Lipinski definition) is 2. The Hall–Kier alpha value is -1.14. The number of piperidine rings is 1. The minimum absolute atomic E-state index is 0.650. The van der Waals surface area contributed by atoms with Crippen molar-refractivity contribution in [2.45, 2.75) is 46.1 Å². The predicted molar refractivity (Wildman–Crippen MR) is 99.4 cm³/mol. The fourth-order valence-corrected chi connectivity index (χ4v) is 3.79. The second-order valence-corrected chi connectivity index (χ2v) is 7.91. The second kappa shape index (κ2) is 9.23. The molecular formula is C17H31N5S. The van der Waals surface area contributed by atoms with Gasteiger partial charge in [-0.15, -0.1) is 11.3 Å². The van der Waals surface area contributed by atoms with Crippen LogP contribution in [0.15, 0.2) is 11.2 Å². The van der Waals surface area contributed by atoms with Crippen LogP contribution in [0.1, 0.15) is 36.6 Å². The highest BCUT2D eigenvalue weighted by Gasteiger charge is 2.21. The number of aromatic nitrogens is 1. The second-order valence-electron chi connectivity index (χ2n) is 6.59. The smallest absolute Gasteiger partial charge is 0.191 e. The number of rotatable bonds is 6. The maximum Gasteiger partial charge on any atom is 0.191 e. The van der Waals surface area contributed by atoms with Crippen molar-refractivity contribution in [1.29, 1.82) is 0 Å². The Morgan fingerprint density at radius 2 is 2.30 bits per heavy atom. The zero-order valence-electron chi connectivity index (χ0n) is 14.9. The van der Waals surface area contributed by atoms with E-state index in [4.69, 9.17) is 0 Å². The van der Waals surface area contributed by atoms with Gasteiger partial charge in [0.05, 0.1) is 5.01 Å². The van der Waals surface area contributed by atoms with Gasteiger partial charge >= 0.3 is 0 Å². The maximum atomic E-state index is 4.40. The van der Waals surface area contributed by atoms with Crippen LogP contribution >= 0.6 is 11.3 Å². The van der Waals surface area contributed by atoms with Gasteiger partial charge in [-0.1, -0.05) is 0 Å². The summed E-state index contributed by atoms with van der Waals surface area (Å²) in [7, 11) is 1.84. The largest absolute Gasteiger partial charge is 0.356 e. The zero-order valence-corrected chi connectivity index (χ0v) is 15.7. The van der Waals surface area contributed by atoms with Gasteiger partial charge in [0.2, 0.25) is 0 Å². The number of likely N-dealkylation sites (tertiary alicyclic amines) is 1. The first kappa shape index (κ1) is 18.2. The molecule has 0 radical (unpaired) electrons. The molecule has 1 aliphatic rings. The van der Waals surface area contributed by atoms with Crippen LogP contribution in [-0.4, -0.2) is 55.1 Å². The van der Waals surface area contributed by atoms with E-state index in [0.717, 1.165) is 25.5 Å². The molecule has 5 nitrogen and oxygen atoms in total. The third-order valence-corrected chi connectivity index (χ3v) is 5.34. The first-order valence-corrected chi connectivity index (χ1v) is 9.50. The summed E-state index contributed by atoms with van der Waals surface area (Å²) in [4.78, 5) is 12.6. The molecule has 0 aliphatic carbocycles. The molecule has 130 valence electrons. The highest BCUT2D eigenvalue weighted by Crippen LogP contribution is 2.17. The number of aryl methyl sites for hydroxylation is 1. The number of nitrogens with one attached hydrogen (secondary N) is 2. The number of aliphatic imine (C=N–C) groups is 1. The van der Waals surface area contributed by atoms with Gasteiger partial charge in [0.1, 0.15) is 0 Å². The molecular weight excluding hydrogens is 306 g/mol. The summed E-state index contributed by atoms with van der Waals surface area (Å²) in [6.45, 7) is 11.0. The molecule has 0 bridgehead atoms. The van der Waals surface area contributed by atoms with Gasteiger partial charge in [-0.2, -0.15) is 0 Å². The van der Waals surface area contributed by atoms with Crippen LogP contribution in [0.2, 0.25) is 0 Å². The van der Waals surface area contributed by atoms with Gasteiger partial charge in [-0.05, 0) is 46.1 Å². The molecule has 2 N–H and O–H groups in total. The summed E-state index contributed by atoms with van der Waals surface area (Å²) in [6.07, 6.45) is 5.51. The Balaban J connectivity index is 1.68. The monoisotopic (exact) mass is 337 g/mol. The number of thiazole rings is 1. The maximum absolute atomic E-state index is 4.40. The van der Waals surface area contributed by atoms with E-state index < -0.39 is 0 Å². The molecule has 0 saturated carbocycles. The van der Waals surface area contributed by atoms with Gasteiger partial charge in [0.15, 0.2) is 5.96 Å². The standard InChI is InChI=1S/C17H31N5S/c1-13(2)22-9-5-6-15(12-22)11-21-17(18-4)19-8-7-16-20-10-14(3)23-16/h10,13,15H,5-9,11-12H2,1-4H3,(H2,18,19,21). The van der Waals surface area contributed by atoms with Crippen LogP contribution in [0.25, 0.3) is 0 Å². The van der Waals surface area contributed by atoms with E-state index in [0.29, 0.717) is 12.0 Å². The SMILES string of the molecule is CN=C(NCCc1ncc(C)s1)NCC1CCCN(C(C)C)C1. The topological polar surface area (TPSA) is 52.6 Å². The van der Waals surface area contributed by atoms with Gasteiger partial charge in [0, 0.05) is 50.2 Å². The lowest BCUT2D eigenvalue weighted by Crippen LogP contribution is -2.46. The molecule has 1 unspecified atom stereocenters. The third kappa shape index (κ3) is 6.11. The predicted octanol–water partition coefficient (Wildman–Crippen LogP) is 2.28. The first-order valence-electron chi connectivity index (χ1n) is 8.68. The van der Waals surface area contributed by atoms with Crippen molar-refractivity contribution >= 4 is 17.3 Å². The van der Waals surface area contributed by atoms with E-state index in [-0.39, 0.29) is 0 Å². The van der Waals surface area contributed by atoms with E-state index >= 15 is 0 Å². The Morgan fingerprint density at radius 1 is 1.48 bits per heavy atom. The fraction of sp³-hybridized carbons (Fsp3) is 0.765. The van der Waals surface area contributed by atoms with Crippen LogP contribution in [0.4, 0.5) is 0 Å². The van der Waals surface area contributed by atoms with Crippen molar-refractivity contribution < 1.29 is 0 Å².